The van der Waals surface area contributed by atoms with E-state index in [-0.39, 0.29) is 0 Å². The van der Waals surface area contributed by atoms with Gasteiger partial charge in [-0.05, 0) is 12.1 Å². The van der Waals surface area contributed by atoms with Gasteiger partial charge >= 0.3 is 0 Å². The minimum atomic E-state index is 0.632. The molecule has 0 saturated carbocycles. The minimum Gasteiger partial charge on any atom is -0.421 e. The number of hydrogen-bond donors (Lipinski definition) is 1. The van der Waals surface area contributed by atoms with Crippen LogP contribution in [0.1, 0.15) is 5.89 Å². The van der Waals surface area contributed by atoms with Crippen LogP contribution in [0, 0.1) is 0 Å². The molecule has 0 radical (unpaired) electrons. The molecule has 16 heavy (non-hydrogen) atoms. The number of fused-ring (bicyclic) bond motifs is 1. The number of hydrogen-bond acceptors (Lipinski definition) is 5. The summed E-state index contributed by atoms with van der Waals surface area (Å²) in [5.74, 6) is 0.760. The number of piperazine rings is 1. The average molecular weight is 218 g/mol. The lowest BCUT2D eigenvalue weighted by Gasteiger charge is -2.25. The maximum Gasteiger partial charge on any atom is 0.246 e. The highest BCUT2D eigenvalue weighted by Crippen LogP contribution is 2.13. The predicted molar refractivity (Wildman–Crippen MR) is 60.0 cm³/mol. The molecule has 0 atom stereocenters. The highest BCUT2D eigenvalue weighted by molar-refractivity contribution is 5.67. The van der Waals surface area contributed by atoms with Crippen LogP contribution in [-0.2, 0) is 6.54 Å². The molecular formula is C11H14N4O. The zero-order valence-electron chi connectivity index (χ0n) is 9.02. The standard InChI is InChI=1S/C11H14N4O/c1-2-9-11(13-3-1)16-10(14-9)8-15-6-4-12-5-7-15/h1-3,12H,4-8H2. The van der Waals surface area contributed by atoms with Gasteiger partial charge in [-0.3, -0.25) is 4.90 Å². The third-order valence-electron chi connectivity index (χ3n) is 2.78. The molecule has 84 valence electrons. The molecule has 0 aliphatic carbocycles. The Morgan fingerprint density at radius 3 is 3.06 bits per heavy atom. The van der Waals surface area contributed by atoms with E-state index in [0.29, 0.717) is 5.71 Å². The molecule has 1 aliphatic rings. The predicted octanol–water partition coefficient (Wildman–Crippen LogP) is 0.628. The first-order chi connectivity index (χ1) is 7.92. The summed E-state index contributed by atoms with van der Waals surface area (Å²) in [6.45, 7) is 4.95. The third kappa shape index (κ3) is 1.91. The van der Waals surface area contributed by atoms with E-state index in [1.165, 1.54) is 0 Å². The first-order valence-corrected chi connectivity index (χ1v) is 5.55. The number of pyridine rings is 1. The molecule has 0 spiro atoms. The van der Waals surface area contributed by atoms with Gasteiger partial charge in [0.15, 0.2) is 0 Å². The summed E-state index contributed by atoms with van der Waals surface area (Å²) >= 11 is 0. The normalized spacial score (nSPS) is 18.0. The molecule has 1 saturated heterocycles. The van der Waals surface area contributed by atoms with Crippen LogP contribution in [0.25, 0.3) is 11.2 Å². The summed E-state index contributed by atoms with van der Waals surface area (Å²) in [5, 5.41) is 3.32. The van der Waals surface area contributed by atoms with Crippen LogP contribution in [-0.4, -0.2) is 41.0 Å². The summed E-state index contributed by atoms with van der Waals surface area (Å²) < 4.78 is 5.59. The van der Waals surface area contributed by atoms with Crippen molar-refractivity contribution in [1.82, 2.24) is 20.2 Å². The van der Waals surface area contributed by atoms with Gasteiger partial charge in [0.1, 0.15) is 5.52 Å². The molecule has 5 nitrogen and oxygen atoms in total. The maximum atomic E-state index is 5.59. The topological polar surface area (TPSA) is 54.2 Å². The molecule has 5 heteroatoms. The Labute approximate surface area is 93.5 Å². The average Bonchev–Trinajstić information content (AvgIpc) is 2.72. The number of nitrogens with one attached hydrogen (secondary N) is 1. The molecule has 1 fully saturated rings. The van der Waals surface area contributed by atoms with Crippen LogP contribution in [0.5, 0.6) is 0 Å². The molecule has 0 aromatic carbocycles. The van der Waals surface area contributed by atoms with Crippen molar-refractivity contribution in [3.8, 4) is 0 Å². The molecule has 1 N–H and O–H groups in total. The smallest absolute Gasteiger partial charge is 0.246 e. The Bertz CT molecular complexity index is 443. The van der Waals surface area contributed by atoms with Crippen LogP contribution in [0.3, 0.4) is 0 Å². The summed E-state index contributed by atoms with van der Waals surface area (Å²) in [6.07, 6.45) is 1.72. The van der Waals surface area contributed by atoms with Crippen LogP contribution in [0.15, 0.2) is 22.7 Å². The van der Waals surface area contributed by atoms with Gasteiger partial charge in [0, 0.05) is 32.4 Å². The van der Waals surface area contributed by atoms with Crippen molar-refractivity contribution in [3.63, 3.8) is 0 Å². The lowest BCUT2D eigenvalue weighted by Crippen LogP contribution is -2.42. The molecule has 2 aromatic rings. The highest BCUT2D eigenvalue weighted by Gasteiger charge is 2.13. The van der Waals surface area contributed by atoms with Gasteiger partial charge in [-0.2, -0.15) is 0 Å². The molecule has 3 heterocycles. The first kappa shape index (κ1) is 9.74. The number of rotatable bonds is 2. The SMILES string of the molecule is c1cnc2oc(CN3CCNCC3)nc2c1. The first-order valence-electron chi connectivity index (χ1n) is 5.55. The van der Waals surface area contributed by atoms with Crippen molar-refractivity contribution in [2.75, 3.05) is 26.2 Å². The van der Waals surface area contributed by atoms with Crippen molar-refractivity contribution >= 4 is 11.2 Å². The summed E-state index contributed by atoms with van der Waals surface area (Å²) in [6, 6.07) is 3.80. The second-order valence-electron chi connectivity index (χ2n) is 3.96. The molecule has 0 amide bonds. The monoisotopic (exact) mass is 218 g/mol. The number of aromatic nitrogens is 2. The van der Waals surface area contributed by atoms with Crippen LogP contribution < -0.4 is 5.32 Å². The van der Waals surface area contributed by atoms with Gasteiger partial charge in [0.2, 0.25) is 11.6 Å². The van der Waals surface area contributed by atoms with Gasteiger partial charge in [-0.25, -0.2) is 9.97 Å². The van der Waals surface area contributed by atoms with Crippen molar-refractivity contribution in [3.05, 3.63) is 24.2 Å². The van der Waals surface area contributed by atoms with Gasteiger partial charge in [-0.1, -0.05) is 0 Å². The largest absolute Gasteiger partial charge is 0.421 e. The molecule has 0 unspecified atom stereocenters. The Balaban J connectivity index is 1.78. The zero-order valence-corrected chi connectivity index (χ0v) is 9.02. The number of nitrogens with zero attached hydrogens (tertiary/aromatic N) is 3. The van der Waals surface area contributed by atoms with Gasteiger partial charge in [0.05, 0.1) is 6.54 Å². The number of oxazole rings is 1. The van der Waals surface area contributed by atoms with Crippen molar-refractivity contribution in [2.24, 2.45) is 0 Å². The molecule has 2 aromatic heterocycles. The Kier molecular flexibility index (Phi) is 2.55. The molecule has 1 aliphatic heterocycles. The summed E-state index contributed by atoms with van der Waals surface area (Å²) in [5.41, 5.74) is 1.47. The van der Waals surface area contributed by atoms with E-state index in [1.54, 1.807) is 6.20 Å². The third-order valence-corrected chi connectivity index (χ3v) is 2.78. The van der Waals surface area contributed by atoms with E-state index in [0.717, 1.165) is 44.1 Å². The fourth-order valence-corrected chi connectivity index (χ4v) is 1.94. The van der Waals surface area contributed by atoms with Crippen LogP contribution in [0.2, 0.25) is 0 Å². The van der Waals surface area contributed by atoms with Crippen molar-refractivity contribution in [1.29, 1.82) is 0 Å². The van der Waals surface area contributed by atoms with E-state index >= 15 is 0 Å². The molecule has 0 bridgehead atoms. The van der Waals surface area contributed by atoms with E-state index in [9.17, 15) is 0 Å². The van der Waals surface area contributed by atoms with E-state index < -0.39 is 0 Å². The Hall–Kier alpha value is -1.46. The Morgan fingerprint density at radius 1 is 1.38 bits per heavy atom. The van der Waals surface area contributed by atoms with E-state index in [4.69, 9.17) is 4.42 Å². The Morgan fingerprint density at radius 2 is 2.25 bits per heavy atom. The zero-order chi connectivity index (χ0) is 10.8. The second-order valence-corrected chi connectivity index (χ2v) is 3.96. The van der Waals surface area contributed by atoms with Crippen LogP contribution >= 0.6 is 0 Å². The van der Waals surface area contributed by atoms with E-state index in [2.05, 4.69) is 20.2 Å². The van der Waals surface area contributed by atoms with Crippen LogP contribution in [0.4, 0.5) is 0 Å². The van der Waals surface area contributed by atoms with E-state index in [1.807, 2.05) is 12.1 Å². The lowest BCUT2D eigenvalue weighted by atomic mass is 10.3. The minimum absolute atomic E-state index is 0.632. The van der Waals surface area contributed by atoms with Gasteiger partial charge < -0.3 is 9.73 Å². The highest BCUT2D eigenvalue weighted by atomic mass is 16.4. The second kappa shape index (κ2) is 4.19. The van der Waals surface area contributed by atoms with Crippen molar-refractivity contribution < 1.29 is 4.42 Å². The lowest BCUT2D eigenvalue weighted by molar-refractivity contribution is 0.214. The maximum absolute atomic E-state index is 5.59. The fraction of sp³-hybridized carbons (Fsp3) is 0.455. The van der Waals surface area contributed by atoms with Gasteiger partial charge in [-0.15, -0.1) is 0 Å². The quantitative estimate of drug-likeness (QED) is 0.801. The molecular weight excluding hydrogens is 204 g/mol. The van der Waals surface area contributed by atoms with Gasteiger partial charge in [0.25, 0.3) is 0 Å². The summed E-state index contributed by atoms with van der Waals surface area (Å²) in [4.78, 5) is 10.9. The fourth-order valence-electron chi connectivity index (χ4n) is 1.94. The molecule has 3 rings (SSSR count). The van der Waals surface area contributed by atoms with Crippen molar-refractivity contribution in [2.45, 2.75) is 6.54 Å². The summed E-state index contributed by atoms with van der Waals surface area (Å²) in [7, 11) is 0.